The van der Waals surface area contributed by atoms with Crippen molar-refractivity contribution in [2.24, 2.45) is 0 Å². The molecule has 2 aromatic carbocycles. The van der Waals surface area contributed by atoms with Gasteiger partial charge in [0.1, 0.15) is 11.6 Å². The summed E-state index contributed by atoms with van der Waals surface area (Å²) < 4.78 is 26.6. The number of nitrogens with zero attached hydrogens (tertiary/aromatic N) is 3. The standard InChI is InChI=1S/C24H28FN3O3/c1-5-23-22(16-27(18(3)29)13-14-30-4)24(31-21-8-6-7-17(2)15-21)28(26-23)20-11-9-19(25)10-12-20/h6-12,15H,5,13-14,16H2,1-4H3. The smallest absolute Gasteiger partial charge is 0.227 e. The number of amides is 1. The van der Waals surface area contributed by atoms with Gasteiger partial charge in [-0.1, -0.05) is 19.1 Å². The molecule has 0 unspecified atom stereocenters. The van der Waals surface area contributed by atoms with Gasteiger partial charge in [0.25, 0.3) is 0 Å². The summed E-state index contributed by atoms with van der Waals surface area (Å²) >= 11 is 0. The van der Waals surface area contributed by atoms with Crippen molar-refractivity contribution in [3.8, 4) is 17.3 Å². The second-order valence-electron chi connectivity index (χ2n) is 7.32. The molecule has 0 aliphatic rings. The van der Waals surface area contributed by atoms with Gasteiger partial charge in [0.2, 0.25) is 11.8 Å². The van der Waals surface area contributed by atoms with Gasteiger partial charge >= 0.3 is 0 Å². The van der Waals surface area contributed by atoms with Crippen LogP contribution in [0.15, 0.2) is 48.5 Å². The second-order valence-corrected chi connectivity index (χ2v) is 7.32. The van der Waals surface area contributed by atoms with Gasteiger partial charge in [-0.2, -0.15) is 5.10 Å². The fraction of sp³-hybridized carbons (Fsp3) is 0.333. The Bertz CT molecular complexity index is 1030. The highest BCUT2D eigenvalue weighted by Crippen LogP contribution is 2.32. The predicted octanol–water partition coefficient (Wildman–Crippen LogP) is 4.67. The molecule has 0 saturated carbocycles. The first kappa shape index (κ1) is 22.5. The minimum Gasteiger partial charge on any atom is -0.439 e. The Hall–Kier alpha value is -3.19. The molecule has 0 atom stereocenters. The van der Waals surface area contributed by atoms with Gasteiger partial charge in [-0.3, -0.25) is 4.79 Å². The lowest BCUT2D eigenvalue weighted by Gasteiger charge is -2.21. The second kappa shape index (κ2) is 10.2. The van der Waals surface area contributed by atoms with Crippen molar-refractivity contribution in [1.29, 1.82) is 0 Å². The number of ether oxygens (including phenoxy) is 2. The zero-order valence-corrected chi connectivity index (χ0v) is 18.4. The number of aromatic nitrogens is 2. The highest BCUT2D eigenvalue weighted by Gasteiger charge is 2.23. The van der Waals surface area contributed by atoms with Crippen LogP contribution in [-0.2, 0) is 22.5 Å². The highest BCUT2D eigenvalue weighted by atomic mass is 19.1. The lowest BCUT2D eigenvalue weighted by molar-refractivity contribution is -0.130. The number of rotatable bonds is 9. The number of benzene rings is 2. The van der Waals surface area contributed by atoms with Crippen molar-refractivity contribution in [1.82, 2.24) is 14.7 Å². The Morgan fingerprint density at radius 1 is 1.19 bits per heavy atom. The lowest BCUT2D eigenvalue weighted by Crippen LogP contribution is -2.31. The van der Waals surface area contributed by atoms with Gasteiger partial charge in [0.15, 0.2) is 0 Å². The Labute approximate surface area is 182 Å². The third kappa shape index (κ3) is 5.49. The van der Waals surface area contributed by atoms with Crippen LogP contribution in [0.3, 0.4) is 0 Å². The van der Waals surface area contributed by atoms with E-state index in [0.29, 0.717) is 43.4 Å². The van der Waals surface area contributed by atoms with E-state index in [0.717, 1.165) is 16.8 Å². The van der Waals surface area contributed by atoms with Gasteiger partial charge < -0.3 is 14.4 Å². The minimum atomic E-state index is -0.324. The summed E-state index contributed by atoms with van der Waals surface area (Å²) in [7, 11) is 1.61. The summed E-state index contributed by atoms with van der Waals surface area (Å²) in [6.07, 6.45) is 0.656. The van der Waals surface area contributed by atoms with Crippen LogP contribution < -0.4 is 4.74 Å². The van der Waals surface area contributed by atoms with Gasteiger partial charge in [-0.05, 0) is 55.3 Å². The monoisotopic (exact) mass is 425 g/mol. The summed E-state index contributed by atoms with van der Waals surface area (Å²) in [6, 6.07) is 13.8. The Morgan fingerprint density at radius 3 is 2.55 bits per heavy atom. The third-order valence-electron chi connectivity index (χ3n) is 4.99. The summed E-state index contributed by atoms with van der Waals surface area (Å²) in [6.45, 7) is 6.76. The molecule has 0 saturated heterocycles. The molecule has 0 fully saturated rings. The van der Waals surface area contributed by atoms with E-state index < -0.39 is 0 Å². The van der Waals surface area contributed by atoms with Crippen LogP contribution in [0.5, 0.6) is 11.6 Å². The first-order valence-electron chi connectivity index (χ1n) is 10.3. The molecule has 0 spiro atoms. The van der Waals surface area contributed by atoms with E-state index in [2.05, 4.69) is 0 Å². The summed E-state index contributed by atoms with van der Waals surface area (Å²) in [5, 5.41) is 4.74. The van der Waals surface area contributed by atoms with Crippen molar-refractivity contribution in [3.05, 3.63) is 71.2 Å². The molecule has 3 aromatic rings. The minimum absolute atomic E-state index is 0.0601. The zero-order valence-electron chi connectivity index (χ0n) is 18.4. The van der Waals surface area contributed by atoms with Crippen molar-refractivity contribution < 1.29 is 18.7 Å². The lowest BCUT2D eigenvalue weighted by atomic mass is 10.1. The maximum absolute atomic E-state index is 13.5. The van der Waals surface area contributed by atoms with Gasteiger partial charge in [-0.15, -0.1) is 0 Å². The number of methoxy groups -OCH3 is 1. The molecule has 1 aromatic heterocycles. The molecule has 0 bridgehead atoms. The fourth-order valence-electron chi connectivity index (χ4n) is 3.31. The molecule has 0 radical (unpaired) electrons. The van der Waals surface area contributed by atoms with Crippen molar-refractivity contribution >= 4 is 5.91 Å². The van der Waals surface area contributed by atoms with E-state index in [9.17, 15) is 9.18 Å². The maximum atomic E-state index is 13.5. The topological polar surface area (TPSA) is 56.6 Å². The van der Waals surface area contributed by atoms with E-state index >= 15 is 0 Å². The largest absolute Gasteiger partial charge is 0.439 e. The summed E-state index contributed by atoms with van der Waals surface area (Å²) in [5.41, 5.74) is 3.37. The van der Waals surface area contributed by atoms with Crippen LogP contribution >= 0.6 is 0 Å². The number of carbonyl (C=O) groups excluding carboxylic acids is 1. The molecule has 7 heteroatoms. The predicted molar refractivity (Wildman–Crippen MR) is 117 cm³/mol. The average Bonchev–Trinajstić information content (AvgIpc) is 3.08. The van der Waals surface area contributed by atoms with Gasteiger partial charge in [-0.25, -0.2) is 9.07 Å². The molecule has 0 aliphatic carbocycles. The van der Waals surface area contributed by atoms with E-state index in [-0.39, 0.29) is 11.7 Å². The average molecular weight is 426 g/mol. The zero-order chi connectivity index (χ0) is 22.4. The molecule has 1 heterocycles. The molecule has 164 valence electrons. The normalized spacial score (nSPS) is 10.9. The summed E-state index contributed by atoms with van der Waals surface area (Å²) in [4.78, 5) is 13.9. The first-order valence-corrected chi connectivity index (χ1v) is 10.3. The number of aryl methyl sites for hydroxylation is 2. The van der Waals surface area contributed by atoms with E-state index in [1.807, 2.05) is 38.1 Å². The molecule has 0 N–H and O–H groups in total. The van der Waals surface area contributed by atoms with Crippen LogP contribution in [0.4, 0.5) is 4.39 Å². The Morgan fingerprint density at radius 2 is 1.94 bits per heavy atom. The molecule has 3 rings (SSSR count). The number of carbonyl (C=O) groups is 1. The van der Waals surface area contributed by atoms with Crippen LogP contribution in [0, 0.1) is 12.7 Å². The first-order chi connectivity index (χ1) is 14.9. The van der Waals surface area contributed by atoms with Crippen LogP contribution in [0.1, 0.15) is 30.7 Å². The van der Waals surface area contributed by atoms with Crippen molar-refractivity contribution in [3.63, 3.8) is 0 Å². The highest BCUT2D eigenvalue weighted by molar-refractivity contribution is 5.73. The van der Waals surface area contributed by atoms with E-state index in [1.165, 1.54) is 19.1 Å². The van der Waals surface area contributed by atoms with Crippen LogP contribution in [0.2, 0.25) is 0 Å². The quantitative estimate of drug-likeness (QED) is 0.500. The van der Waals surface area contributed by atoms with Crippen LogP contribution in [0.25, 0.3) is 5.69 Å². The van der Waals surface area contributed by atoms with Crippen molar-refractivity contribution in [2.75, 3.05) is 20.3 Å². The van der Waals surface area contributed by atoms with E-state index in [4.69, 9.17) is 14.6 Å². The van der Waals surface area contributed by atoms with Crippen molar-refractivity contribution in [2.45, 2.75) is 33.7 Å². The number of hydrogen-bond acceptors (Lipinski definition) is 4. The molecule has 31 heavy (non-hydrogen) atoms. The SMILES string of the molecule is CCc1nn(-c2ccc(F)cc2)c(Oc2cccc(C)c2)c1CN(CCOC)C(C)=O. The maximum Gasteiger partial charge on any atom is 0.227 e. The van der Waals surface area contributed by atoms with Crippen LogP contribution in [-0.4, -0.2) is 40.8 Å². The number of hydrogen-bond donors (Lipinski definition) is 0. The molecule has 0 aliphatic heterocycles. The van der Waals surface area contributed by atoms with E-state index in [1.54, 1.807) is 28.8 Å². The number of halogens is 1. The van der Waals surface area contributed by atoms with Gasteiger partial charge in [0.05, 0.1) is 30.1 Å². The molecule has 1 amide bonds. The third-order valence-corrected chi connectivity index (χ3v) is 4.99. The molecular weight excluding hydrogens is 397 g/mol. The summed E-state index contributed by atoms with van der Waals surface area (Å²) in [5.74, 6) is 0.793. The van der Waals surface area contributed by atoms with Gasteiger partial charge in [0, 0.05) is 20.6 Å². The molecule has 6 nitrogen and oxygen atoms in total. The Kier molecular flexibility index (Phi) is 7.41. The Balaban J connectivity index is 2.10. The fourth-order valence-corrected chi connectivity index (χ4v) is 3.31. The molecular formula is C24H28FN3O3.